The molecule has 3 heteroatoms. The maximum atomic E-state index is 4.53. The molecule has 108 valence electrons. The molecule has 0 aliphatic carbocycles. The highest BCUT2D eigenvalue weighted by molar-refractivity contribution is 5.26. The predicted octanol–water partition coefficient (Wildman–Crippen LogP) is 3.05. The van der Waals surface area contributed by atoms with Gasteiger partial charge in [0, 0.05) is 25.2 Å². The first-order chi connectivity index (χ1) is 9.67. The van der Waals surface area contributed by atoms with Crippen molar-refractivity contribution in [3.63, 3.8) is 0 Å². The molecule has 0 saturated heterocycles. The van der Waals surface area contributed by atoms with Gasteiger partial charge >= 0.3 is 0 Å². The Hall–Kier alpha value is -1.61. The Labute approximate surface area is 122 Å². The molecule has 1 atom stereocenters. The molecule has 1 aromatic carbocycles. The molecular formula is C17H25N3. The lowest BCUT2D eigenvalue weighted by atomic mass is 10.00. The number of aryl methyl sites for hydroxylation is 3. The van der Waals surface area contributed by atoms with Gasteiger partial charge in [0.05, 0.1) is 5.69 Å². The van der Waals surface area contributed by atoms with Crippen LogP contribution in [0.4, 0.5) is 0 Å². The molecule has 0 aliphatic rings. The lowest BCUT2D eigenvalue weighted by Crippen LogP contribution is -2.20. The summed E-state index contributed by atoms with van der Waals surface area (Å²) in [5.41, 5.74) is 5.17. The van der Waals surface area contributed by atoms with E-state index in [0.717, 1.165) is 19.3 Å². The van der Waals surface area contributed by atoms with Crippen LogP contribution in [0.5, 0.6) is 0 Å². The average molecular weight is 271 g/mol. The highest BCUT2D eigenvalue weighted by Gasteiger charge is 2.13. The molecule has 20 heavy (non-hydrogen) atoms. The zero-order valence-corrected chi connectivity index (χ0v) is 13.0. The summed E-state index contributed by atoms with van der Waals surface area (Å²) >= 11 is 0. The van der Waals surface area contributed by atoms with E-state index < -0.39 is 0 Å². The van der Waals surface area contributed by atoms with E-state index in [1.54, 1.807) is 0 Å². The van der Waals surface area contributed by atoms with E-state index in [9.17, 15) is 0 Å². The van der Waals surface area contributed by atoms with Crippen molar-refractivity contribution in [2.24, 2.45) is 7.05 Å². The van der Waals surface area contributed by atoms with Crippen LogP contribution >= 0.6 is 0 Å². The monoisotopic (exact) mass is 271 g/mol. The van der Waals surface area contributed by atoms with E-state index in [0.29, 0.717) is 6.04 Å². The first-order valence-corrected chi connectivity index (χ1v) is 7.45. The Morgan fingerprint density at radius 2 is 1.85 bits per heavy atom. The Morgan fingerprint density at radius 1 is 1.15 bits per heavy atom. The Kier molecular flexibility index (Phi) is 4.96. The lowest BCUT2D eigenvalue weighted by Gasteiger charge is -2.17. The van der Waals surface area contributed by atoms with Crippen LogP contribution in [0.1, 0.15) is 42.4 Å². The van der Waals surface area contributed by atoms with Gasteiger partial charge in [0.25, 0.3) is 0 Å². The first kappa shape index (κ1) is 14.8. The predicted molar refractivity (Wildman–Crippen MR) is 83.9 cm³/mol. The molecule has 3 nitrogen and oxygen atoms in total. The Balaban J connectivity index is 2.16. The molecule has 0 spiro atoms. The van der Waals surface area contributed by atoms with E-state index in [1.807, 2.05) is 18.8 Å². The second-order valence-electron chi connectivity index (χ2n) is 5.24. The third-order valence-electron chi connectivity index (χ3n) is 3.94. The highest BCUT2D eigenvalue weighted by atomic mass is 15.3. The van der Waals surface area contributed by atoms with Crippen molar-refractivity contribution in [2.75, 3.05) is 7.05 Å². The summed E-state index contributed by atoms with van der Waals surface area (Å²) in [6, 6.07) is 11.5. The minimum absolute atomic E-state index is 0.334. The lowest BCUT2D eigenvalue weighted by molar-refractivity contribution is 0.561. The molecule has 1 unspecified atom stereocenters. The zero-order chi connectivity index (χ0) is 14.5. The van der Waals surface area contributed by atoms with E-state index in [1.165, 1.54) is 22.5 Å². The van der Waals surface area contributed by atoms with Crippen molar-refractivity contribution >= 4 is 0 Å². The average Bonchev–Trinajstić information content (AvgIpc) is 2.85. The third-order valence-corrected chi connectivity index (χ3v) is 3.94. The van der Waals surface area contributed by atoms with E-state index in [-0.39, 0.29) is 0 Å². The molecule has 0 amide bonds. The fourth-order valence-corrected chi connectivity index (χ4v) is 2.52. The summed E-state index contributed by atoms with van der Waals surface area (Å²) < 4.78 is 2.00. The third kappa shape index (κ3) is 3.28. The normalized spacial score (nSPS) is 12.6. The molecule has 0 bridgehead atoms. The van der Waals surface area contributed by atoms with Gasteiger partial charge in [0.2, 0.25) is 0 Å². The second-order valence-corrected chi connectivity index (χ2v) is 5.24. The first-order valence-electron chi connectivity index (χ1n) is 7.45. The van der Waals surface area contributed by atoms with Gasteiger partial charge in [-0.25, -0.2) is 0 Å². The minimum atomic E-state index is 0.334. The van der Waals surface area contributed by atoms with Crippen molar-refractivity contribution in [1.29, 1.82) is 0 Å². The number of likely N-dealkylation sites (N-methyl/N-ethyl adjacent to an activating group) is 1. The van der Waals surface area contributed by atoms with E-state index in [2.05, 4.69) is 54.6 Å². The second kappa shape index (κ2) is 6.71. The van der Waals surface area contributed by atoms with Crippen LogP contribution in [0.2, 0.25) is 0 Å². The fraction of sp³-hybridized carbons (Fsp3) is 0.471. The van der Waals surface area contributed by atoms with Crippen LogP contribution in [0.15, 0.2) is 30.3 Å². The number of rotatable bonds is 6. The van der Waals surface area contributed by atoms with Crippen LogP contribution in [-0.4, -0.2) is 16.8 Å². The number of aromatic nitrogens is 2. The SMILES string of the molecule is CCc1ccc(C(Cc2cc(CC)nn2C)NC)cc1. The van der Waals surface area contributed by atoms with E-state index >= 15 is 0 Å². The van der Waals surface area contributed by atoms with Gasteiger partial charge in [-0.1, -0.05) is 38.1 Å². The van der Waals surface area contributed by atoms with Crippen LogP contribution < -0.4 is 5.32 Å². The van der Waals surface area contributed by atoms with Crippen molar-refractivity contribution in [3.8, 4) is 0 Å². The van der Waals surface area contributed by atoms with Crippen molar-refractivity contribution in [2.45, 2.75) is 39.2 Å². The van der Waals surface area contributed by atoms with Gasteiger partial charge in [-0.3, -0.25) is 4.68 Å². The summed E-state index contributed by atoms with van der Waals surface area (Å²) in [5.74, 6) is 0. The number of hydrogen-bond donors (Lipinski definition) is 1. The van der Waals surface area contributed by atoms with Crippen LogP contribution in [-0.2, 0) is 26.3 Å². The number of nitrogens with one attached hydrogen (secondary N) is 1. The zero-order valence-electron chi connectivity index (χ0n) is 13.0. The molecule has 1 heterocycles. The Bertz CT molecular complexity index is 540. The quantitative estimate of drug-likeness (QED) is 0.875. The summed E-state index contributed by atoms with van der Waals surface area (Å²) in [6.45, 7) is 4.33. The number of hydrogen-bond acceptors (Lipinski definition) is 2. The smallest absolute Gasteiger partial charge is 0.0624 e. The van der Waals surface area contributed by atoms with Crippen molar-refractivity contribution in [3.05, 3.63) is 52.8 Å². The molecule has 1 aromatic heterocycles. The maximum Gasteiger partial charge on any atom is 0.0624 e. The fourth-order valence-electron chi connectivity index (χ4n) is 2.52. The van der Waals surface area contributed by atoms with Crippen LogP contribution in [0.25, 0.3) is 0 Å². The molecule has 0 fully saturated rings. The molecule has 2 rings (SSSR count). The minimum Gasteiger partial charge on any atom is -0.313 e. The van der Waals surface area contributed by atoms with Gasteiger partial charge < -0.3 is 5.32 Å². The van der Waals surface area contributed by atoms with Crippen LogP contribution in [0.3, 0.4) is 0 Å². The van der Waals surface area contributed by atoms with Gasteiger partial charge in [0.15, 0.2) is 0 Å². The van der Waals surface area contributed by atoms with E-state index in [4.69, 9.17) is 0 Å². The molecule has 0 saturated carbocycles. The molecule has 2 aromatic rings. The molecular weight excluding hydrogens is 246 g/mol. The molecule has 0 aliphatic heterocycles. The molecule has 0 radical (unpaired) electrons. The standard InChI is InChI=1S/C17H25N3/c1-5-13-7-9-14(10-8-13)17(18-3)12-16-11-15(6-2)19-20(16)4/h7-11,17-18H,5-6,12H2,1-4H3. The summed E-state index contributed by atoms with van der Waals surface area (Å²) in [7, 11) is 4.05. The summed E-state index contributed by atoms with van der Waals surface area (Å²) in [4.78, 5) is 0. The number of benzene rings is 1. The highest BCUT2D eigenvalue weighted by Crippen LogP contribution is 2.19. The molecule has 1 N–H and O–H groups in total. The van der Waals surface area contributed by atoms with Crippen LogP contribution in [0, 0.1) is 0 Å². The summed E-state index contributed by atoms with van der Waals surface area (Å²) in [6.07, 6.45) is 3.04. The maximum absolute atomic E-state index is 4.53. The van der Waals surface area contributed by atoms with Gasteiger partial charge in [0.1, 0.15) is 0 Å². The van der Waals surface area contributed by atoms with Gasteiger partial charge in [-0.2, -0.15) is 5.10 Å². The van der Waals surface area contributed by atoms with Gasteiger partial charge in [-0.05, 0) is 37.1 Å². The van der Waals surface area contributed by atoms with Gasteiger partial charge in [-0.15, -0.1) is 0 Å². The van der Waals surface area contributed by atoms with Crippen molar-refractivity contribution < 1.29 is 0 Å². The van der Waals surface area contributed by atoms with Crippen molar-refractivity contribution in [1.82, 2.24) is 15.1 Å². The Morgan fingerprint density at radius 3 is 2.35 bits per heavy atom. The summed E-state index contributed by atoms with van der Waals surface area (Å²) in [5, 5.41) is 7.94. The topological polar surface area (TPSA) is 29.9 Å². The number of nitrogens with zero attached hydrogens (tertiary/aromatic N) is 2. The largest absolute Gasteiger partial charge is 0.313 e.